The molecular weight excluding hydrogens is 338 g/mol. The fourth-order valence-corrected chi connectivity index (χ4v) is 4.39. The van der Waals surface area contributed by atoms with E-state index < -0.39 is 0 Å². The first-order chi connectivity index (χ1) is 11.6. The highest BCUT2D eigenvalue weighted by atomic mass is 32.2. The highest BCUT2D eigenvalue weighted by Crippen LogP contribution is 2.32. The van der Waals surface area contributed by atoms with Gasteiger partial charge in [-0.1, -0.05) is 36.9 Å². The second-order valence-corrected chi connectivity index (χ2v) is 7.52. The lowest BCUT2D eigenvalue weighted by atomic mass is 10.3. The van der Waals surface area contributed by atoms with Crippen LogP contribution in [0.1, 0.15) is 17.6 Å². The molecule has 0 saturated carbocycles. The standard InChI is InChI=1S/C18H19N3OS2/c1-4-14-10-15-17(19-12(2)20-18(15)24-14)23-11-16(22)21(3)13-8-6-5-7-9-13/h5-10H,4,11H2,1-3H3. The van der Waals surface area contributed by atoms with Gasteiger partial charge < -0.3 is 4.90 Å². The van der Waals surface area contributed by atoms with E-state index in [9.17, 15) is 4.79 Å². The van der Waals surface area contributed by atoms with E-state index in [-0.39, 0.29) is 5.91 Å². The lowest BCUT2D eigenvalue weighted by Gasteiger charge is -2.16. The Hall–Kier alpha value is -1.92. The van der Waals surface area contributed by atoms with E-state index in [0.717, 1.165) is 33.2 Å². The Labute approximate surface area is 149 Å². The summed E-state index contributed by atoms with van der Waals surface area (Å²) >= 11 is 3.19. The van der Waals surface area contributed by atoms with Crippen LogP contribution in [0.2, 0.25) is 0 Å². The molecule has 0 bridgehead atoms. The van der Waals surface area contributed by atoms with Gasteiger partial charge in [0.05, 0.1) is 5.75 Å². The van der Waals surface area contributed by atoms with Crippen LogP contribution in [0.15, 0.2) is 41.4 Å². The number of para-hydroxylation sites is 1. The van der Waals surface area contributed by atoms with Gasteiger partial charge >= 0.3 is 0 Å². The summed E-state index contributed by atoms with van der Waals surface area (Å²) in [5.41, 5.74) is 0.899. The van der Waals surface area contributed by atoms with Crippen LogP contribution in [-0.2, 0) is 11.2 Å². The van der Waals surface area contributed by atoms with Crippen LogP contribution in [0.4, 0.5) is 5.69 Å². The topological polar surface area (TPSA) is 46.1 Å². The van der Waals surface area contributed by atoms with Gasteiger partial charge in [-0.15, -0.1) is 11.3 Å². The van der Waals surface area contributed by atoms with Crippen LogP contribution >= 0.6 is 23.1 Å². The minimum Gasteiger partial charge on any atom is -0.315 e. The van der Waals surface area contributed by atoms with Crippen LogP contribution in [0.5, 0.6) is 0 Å². The molecular formula is C18H19N3OS2. The number of carbonyl (C=O) groups is 1. The number of thioether (sulfide) groups is 1. The molecule has 2 heterocycles. The van der Waals surface area contributed by atoms with Crippen LogP contribution < -0.4 is 4.90 Å². The van der Waals surface area contributed by atoms with Gasteiger partial charge in [-0.2, -0.15) is 0 Å². The summed E-state index contributed by atoms with van der Waals surface area (Å²) in [6.45, 7) is 4.03. The third-order valence-corrected chi connectivity index (χ3v) is 5.87. The van der Waals surface area contributed by atoms with Gasteiger partial charge in [0.15, 0.2) is 0 Å². The number of thiophene rings is 1. The number of fused-ring (bicyclic) bond motifs is 1. The zero-order valence-electron chi connectivity index (χ0n) is 13.9. The molecule has 0 aliphatic carbocycles. The summed E-state index contributed by atoms with van der Waals surface area (Å²) in [6.07, 6.45) is 0.986. The molecule has 0 saturated heterocycles. The zero-order valence-corrected chi connectivity index (χ0v) is 15.6. The number of hydrogen-bond donors (Lipinski definition) is 0. The number of nitrogens with zero attached hydrogens (tertiary/aromatic N) is 3. The summed E-state index contributed by atoms with van der Waals surface area (Å²) in [7, 11) is 1.80. The van der Waals surface area contributed by atoms with Crippen LogP contribution in [-0.4, -0.2) is 28.7 Å². The van der Waals surface area contributed by atoms with Crippen molar-refractivity contribution in [3.8, 4) is 0 Å². The van der Waals surface area contributed by atoms with Crippen molar-refractivity contribution in [1.82, 2.24) is 9.97 Å². The fourth-order valence-electron chi connectivity index (χ4n) is 2.35. The quantitative estimate of drug-likeness (QED) is 0.504. The minimum atomic E-state index is 0.0570. The van der Waals surface area contributed by atoms with Crippen molar-refractivity contribution in [3.63, 3.8) is 0 Å². The maximum absolute atomic E-state index is 12.5. The molecule has 1 aromatic carbocycles. The van der Waals surface area contributed by atoms with E-state index >= 15 is 0 Å². The van der Waals surface area contributed by atoms with Crippen molar-refractivity contribution in [3.05, 3.63) is 47.1 Å². The molecule has 0 aliphatic rings. The highest BCUT2D eigenvalue weighted by molar-refractivity contribution is 8.00. The van der Waals surface area contributed by atoms with Crippen molar-refractivity contribution in [1.29, 1.82) is 0 Å². The monoisotopic (exact) mass is 357 g/mol. The first-order valence-electron chi connectivity index (χ1n) is 7.80. The second kappa shape index (κ2) is 7.32. The van der Waals surface area contributed by atoms with E-state index in [4.69, 9.17) is 0 Å². The van der Waals surface area contributed by atoms with Crippen molar-refractivity contribution in [2.75, 3.05) is 17.7 Å². The van der Waals surface area contributed by atoms with Gasteiger partial charge in [-0.25, -0.2) is 9.97 Å². The largest absolute Gasteiger partial charge is 0.315 e. The normalized spacial score (nSPS) is 11.0. The number of amides is 1. The minimum absolute atomic E-state index is 0.0570. The second-order valence-electron chi connectivity index (χ2n) is 5.44. The molecule has 0 radical (unpaired) electrons. The first-order valence-corrected chi connectivity index (χ1v) is 9.60. The number of anilines is 1. The zero-order chi connectivity index (χ0) is 17.1. The first kappa shape index (κ1) is 16.9. The Morgan fingerprint density at radius 2 is 2.00 bits per heavy atom. The third kappa shape index (κ3) is 3.60. The summed E-state index contributed by atoms with van der Waals surface area (Å²) < 4.78 is 0. The maximum atomic E-state index is 12.5. The van der Waals surface area contributed by atoms with Crippen LogP contribution in [0.3, 0.4) is 0 Å². The highest BCUT2D eigenvalue weighted by Gasteiger charge is 2.15. The van der Waals surface area contributed by atoms with Gasteiger partial charge in [0.25, 0.3) is 0 Å². The summed E-state index contributed by atoms with van der Waals surface area (Å²) in [6, 6.07) is 11.8. The van der Waals surface area contributed by atoms with E-state index in [2.05, 4.69) is 23.0 Å². The number of carbonyl (C=O) groups excluding carboxylic acids is 1. The summed E-state index contributed by atoms with van der Waals surface area (Å²) in [5, 5.41) is 1.95. The lowest BCUT2D eigenvalue weighted by molar-refractivity contribution is -0.115. The van der Waals surface area contributed by atoms with Crippen molar-refractivity contribution in [2.24, 2.45) is 0 Å². The Morgan fingerprint density at radius 1 is 1.25 bits per heavy atom. The molecule has 0 fully saturated rings. The van der Waals surface area contributed by atoms with E-state index in [1.807, 2.05) is 37.3 Å². The molecule has 3 aromatic rings. The van der Waals surface area contributed by atoms with Crippen molar-refractivity contribution < 1.29 is 4.79 Å². The van der Waals surface area contributed by atoms with E-state index in [0.29, 0.717) is 5.75 Å². The van der Waals surface area contributed by atoms with Gasteiger partial charge in [-0.05, 0) is 31.5 Å². The summed E-state index contributed by atoms with van der Waals surface area (Å²) in [4.78, 5) is 25.5. The molecule has 0 aliphatic heterocycles. The molecule has 0 N–H and O–H groups in total. The van der Waals surface area contributed by atoms with Crippen LogP contribution in [0, 0.1) is 6.92 Å². The fraction of sp³-hybridized carbons (Fsp3) is 0.278. The Kier molecular flexibility index (Phi) is 5.16. The average Bonchev–Trinajstić information content (AvgIpc) is 3.02. The average molecular weight is 358 g/mol. The molecule has 124 valence electrons. The van der Waals surface area contributed by atoms with Gasteiger partial charge in [-0.3, -0.25) is 4.79 Å². The number of hydrogen-bond acceptors (Lipinski definition) is 5. The summed E-state index contributed by atoms with van der Waals surface area (Å²) in [5.74, 6) is 1.16. The van der Waals surface area contributed by atoms with E-state index in [1.165, 1.54) is 16.6 Å². The Bertz CT molecular complexity index is 861. The molecule has 2 aromatic heterocycles. The predicted molar refractivity (Wildman–Crippen MR) is 102 cm³/mol. The maximum Gasteiger partial charge on any atom is 0.237 e. The van der Waals surface area contributed by atoms with Gasteiger partial charge in [0.2, 0.25) is 5.91 Å². The van der Waals surface area contributed by atoms with Gasteiger partial charge in [0, 0.05) is 23.0 Å². The Morgan fingerprint density at radius 3 is 2.71 bits per heavy atom. The number of benzene rings is 1. The molecule has 0 unspecified atom stereocenters. The van der Waals surface area contributed by atoms with Crippen molar-refractivity contribution >= 4 is 44.9 Å². The predicted octanol–water partition coefficient (Wildman–Crippen LogP) is 4.32. The van der Waals surface area contributed by atoms with Crippen LogP contribution in [0.25, 0.3) is 10.2 Å². The smallest absolute Gasteiger partial charge is 0.237 e. The Balaban J connectivity index is 1.78. The third-order valence-electron chi connectivity index (χ3n) is 3.72. The number of aryl methyl sites for hydroxylation is 2. The molecule has 0 atom stereocenters. The SMILES string of the molecule is CCc1cc2c(SCC(=O)N(C)c3ccccc3)nc(C)nc2s1. The number of rotatable bonds is 5. The lowest BCUT2D eigenvalue weighted by Crippen LogP contribution is -2.27. The molecule has 1 amide bonds. The van der Waals surface area contributed by atoms with E-state index in [1.54, 1.807) is 23.3 Å². The molecule has 4 nitrogen and oxygen atoms in total. The van der Waals surface area contributed by atoms with Crippen molar-refractivity contribution in [2.45, 2.75) is 25.3 Å². The molecule has 6 heteroatoms. The van der Waals surface area contributed by atoms with Gasteiger partial charge in [0.1, 0.15) is 15.7 Å². The number of aromatic nitrogens is 2. The molecule has 0 spiro atoms. The molecule has 24 heavy (non-hydrogen) atoms. The molecule has 3 rings (SSSR count).